The van der Waals surface area contributed by atoms with E-state index in [0.717, 1.165) is 18.2 Å². The summed E-state index contributed by atoms with van der Waals surface area (Å²) in [5.74, 6) is -0.676. The minimum atomic E-state index is -0.712. The Labute approximate surface area is 142 Å². The van der Waals surface area contributed by atoms with Crippen LogP contribution in [-0.2, 0) is 6.54 Å². The van der Waals surface area contributed by atoms with Crippen molar-refractivity contribution in [2.45, 2.75) is 6.54 Å². The molecular weight excluding hydrogens is 342 g/mol. The van der Waals surface area contributed by atoms with E-state index in [1.807, 2.05) is 0 Å². The van der Waals surface area contributed by atoms with Crippen molar-refractivity contribution in [2.24, 2.45) is 0 Å². The van der Waals surface area contributed by atoms with Gasteiger partial charge in [-0.1, -0.05) is 11.6 Å². The predicted molar refractivity (Wildman–Crippen MR) is 86.8 cm³/mol. The van der Waals surface area contributed by atoms with Crippen molar-refractivity contribution in [1.82, 2.24) is 5.32 Å². The maximum atomic E-state index is 13.1. The van der Waals surface area contributed by atoms with Gasteiger partial charge in [0.2, 0.25) is 0 Å². The first kappa shape index (κ1) is 17.8. The van der Waals surface area contributed by atoms with E-state index in [4.69, 9.17) is 21.1 Å². The van der Waals surface area contributed by atoms with Gasteiger partial charge in [-0.15, -0.1) is 0 Å². The summed E-state index contributed by atoms with van der Waals surface area (Å²) in [5, 5.41) is 5.33. The number of methoxy groups -OCH3 is 2. The molecule has 0 spiro atoms. The van der Waals surface area contributed by atoms with Crippen LogP contribution in [0, 0.1) is 11.6 Å². The Morgan fingerprint density at radius 2 is 1.67 bits per heavy atom. The van der Waals surface area contributed by atoms with Crippen LogP contribution in [0.3, 0.4) is 0 Å². The molecule has 0 aliphatic rings. The van der Waals surface area contributed by atoms with Crippen LogP contribution in [-0.4, -0.2) is 20.3 Å². The third-order valence-corrected chi connectivity index (χ3v) is 3.39. The lowest BCUT2D eigenvalue weighted by Gasteiger charge is -2.13. The van der Waals surface area contributed by atoms with E-state index < -0.39 is 17.7 Å². The van der Waals surface area contributed by atoms with E-state index in [-0.39, 0.29) is 6.54 Å². The number of ether oxygens (including phenoxy) is 2. The van der Waals surface area contributed by atoms with Crippen molar-refractivity contribution in [3.05, 3.63) is 52.6 Å². The number of hydrogen-bond donors (Lipinski definition) is 2. The van der Waals surface area contributed by atoms with E-state index in [1.54, 1.807) is 0 Å². The molecule has 2 aromatic carbocycles. The summed E-state index contributed by atoms with van der Waals surface area (Å²) < 4.78 is 36.4. The highest BCUT2D eigenvalue weighted by molar-refractivity contribution is 6.32. The first-order chi connectivity index (χ1) is 11.4. The number of urea groups is 1. The average Bonchev–Trinajstić information content (AvgIpc) is 2.52. The first-order valence-corrected chi connectivity index (χ1v) is 7.22. The zero-order chi connectivity index (χ0) is 17.7. The Bertz CT molecular complexity index is 736. The third kappa shape index (κ3) is 4.48. The molecule has 0 saturated carbocycles. The summed E-state index contributed by atoms with van der Waals surface area (Å²) in [6.45, 7) is -0.0489. The number of hydrogen-bond acceptors (Lipinski definition) is 3. The van der Waals surface area contributed by atoms with Crippen LogP contribution >= 0.6 is 11.6 Å². The molecule has 0 fully saturated rings. The van der Waals surface area contributed by atoms with Gasteiger partial charge in [-0.25, -0.2) is 13.6 Å². The minimum Gasteiger partial charge on any atom is -0.495 e. The van der Waals surface area contributed by atoms with Crippen LogP contribution < -0.4 is 20.1 Å². The van der Waals surface area contributed by atoms with Crippen LogP contribution in [0.1, 0.15) is 5.56 Å². The summed E-state index contributed by atoms with van der Waals surface area (Å²) in [6, 6.07) is 5.44. The van der Waals surface area contributed by atoms with Crippen molar-refractivity contribution in [2.75, 3.05) is 19.5 Å². The van der Waals surface area contributed by atoms with Gasteiger partial charge in [0.1, 0.15) is 23.1 Å². The lowest BCUT2D eigenvalue weighted by molar-refractivity contribution is 0.251. The molecule has 2 amide bonds. The largest absolute Gasteiger partial charge is 0.495 e. The van der Waals surface area contributed by atoms with Gasteiger partial charge in [-0.05, 0) is 23.8 Å². The summed E-state index contributed by atoms with van der Waals surface area (Å²) in [7, 11) is 2.89. The number of amides is 2. The number of halogens is 3. The van der Waals surface area contributed by atoms with E-state index in [0.29, 0.717) is 27.8 Å². The second-order valence-corrected chi connectivity index (χ2v) is 5.18. The quantitative estimate of drug-likeness (QED) is 0.852. The zero-order valence-corrected chi connectivity index (χ0v) is 13.7. The fourth-order valence-electron chi connectivity index (χ4n) is 2.02. The molecule has 0 unspecified atom stereocenters. The molecule has 128 valence electrons. The molecule has 2 aromatic rings. The molecule has 0 saturated heterocycles. The molecule has 0 radical (unpaired) electrons. The fourth-order valence-corrected chi connectivity index (χ4v) is 2.26. The molecule has 0 aliphatic heterocycles. The van der Waals surface area contributed by atoms with Crippen LogP contribution in [0.15, 0.2) is 30.3 Å². The Balaban J connectivity index is 2.05. The maximum absolute atomic E-state index is 13.1. The highest BCUT2D eigenvalue weighted by Gasteiger charge is 2.12. The van der Waals surface area contributed by atoms with Crippen molar-refractivity contribution < 1.29 is 23.0 Å². The Morgan fingerprint density at radius 1 is 1.04 bits per heavy atom. The monoisotopic (exact) mass is 356 g/mol. The number of carbonyl (C=O) groups is 1. The van der Waals surface area contributed by atoms with Gasteiger partial charge in [0.25, 0.3) is 0 Å². The van der Waals surface area contributed by atoms with Gasteiger partial charge in [0.15, 0.2) is 0 Å². The van der Waals surface area contributed by atoms with Crippen molar-refractivity contribution in [3.8, 4) is 11.5 Å². The summed E-state index contributed by atoms with van der Waals surface area (Å²) in [4.78, 5) is 11.9. The number of anilines is 1. The van der Waals surface area contributed by atoms with E-state index in [9.17, 15) is 13.6 Å². The molecule has 0 bridgehead atoms. The van der Waals surface area contributed by atoms with Gasteiger partial charge in [0.05, 0.1) is 24.9 Å². The van der Waals surface area contributed by atoms with Gasteiger partial charge in [-0.3, -0.25) is 0 Å². The molecule has 5 nitrogen and oxygen atoms in total. The Kier molecular flexibility index (Phi) is 5.81. The smallest absolute Gasteiger partial charge is 0.319 e. The van der Waals surface area contributed by atoms with Gasteiger partial charge < -0.3 is 20.1 Å². The first-order valence-electron chi connectivity index (χ1n) is 6.84. The molecule has 0 atom stereocenters. The van der Waals surface area contributed by atoms with Crippen molar-refractivity contribution >= 4 is 23.3 Å². The summed E-state index contributed by atoms with van der Waals surface area (Å²) >= 11 is 6.01. The van der Waals surface area contributed by atoms with Crippen molar-refractivity contribution in [3.63, 3.8) is 0 Å². The standard InChI is InChI=1S/C16H15ClF2N2O3/c1-23-14-7-15(24-2)13(6-12(14)17)21-16(22)20-8-9-3-10(18)5-11(19)4-9/h3-7H,8H2,1-2H3,(H2,20,21,22). The second kappa shape index (κ2) is 7.83. The van der Waals surface area contributed by atoms with Gasteiger partial charge in [0, 0.05) is 18.7 Å². The molecule has 0 aromatic heterocycles. The highest BCUT2D eigenvalue weighted by Crippen LogP contribution is 2.35. The molecular formula is C16H15ClF2N2O3. The Hall–Kier alpha value is -2.54. The third-order valence-electron chi connectivity index (χ3n) is 3.10. The lowest BCUT2D eigenvalue weighted by atomic mass is 10.2. The lowest BCUT2D eigenvalue weighted by Crippen LogP contribution is -2.28. The molecule has 0 aliphatic carbocycles. The number of nitrogens with one attached hydrogen (secondary N) is 2. The fraction of sp³-hybridized carbons (Fsp3) is 0.188. The number of rotatable bonds is 5. The van der Waals surface area contributed by atoms with Crippen LogP contribution in [0.5, 0.6) is 11.5 Å². The maximum Gasteiger partial charge on any atom is 0.319 e. The molecule has 0 heterocycles. The minimum absolute atomic E-state index is 0.0489. The van der Waals surface area contributed by atoms with Crippen molar-refractivity contribution in [1.29, 1.82) is 0 Å². The molecule has 2 rings (SSSR count). The van der Waals surface area contributed by atoms with Crippen LogP contribution in [0.25, 0.3) is 0 Å². The molecule has 8 heteroatoms. The van der Waals surface area contributed by atoms with Crippen LogP contribution in [0.2, 0.25) is 5.02 Å². The van der Waals surface area contributed by atoms with E-state index >= 15 is 0 Å². The normalized spacial score (nSPS) is 10.2. The van der Waals surface area contributed by atoms with Crippen LogP contribution in [0.4, 0.5) is 19.3 Å². The van der Waals surface area contributed by atoms with Gasteiger partial charge >= 0.3 is 6.03 Å². The highest BCUT2D eigenvalue weighted by atomic mass is 35.5. The number of carbonyl (C=O) groups excluding carboxylic acids is 1. The SMILES string of the molecule is COc1cc(OC)c(NC(=O)NCc2cc(F)cc(F)c2)cc1Cl. The zero-order valence-electron chi connectivity index (χ0n) is 13.0. The Morgan fingerprint density at radius 3 is 2.25 bits per heavy atom. The second-order valence-electron chi connectivity index (χ2n) is 4.77. The summed E-state index contributed by atoms with van der Waals surface area (Å²) in [6.07, 6.45) is 0. The average molecular weight is 357 g/mol. The predicted octanol–water partition coefficient (Wildman–Crippen LogP) is 3.96. The van der Waals surface area contributed by atoms with E-state index in [2.05, 4.69) is 10.6 Å². The summed E-state index contributed by atoms with van der Waals surface area (Å²) in [5.41, 5.74) is 0.619. The van der Waals surface area contributed by atoms with E-state index in [1.165, 1.54) is 26.4 Å². The molecule has 24 heavy (non-hydrogen) atoms. The topological polar surface area (TPSA) is 59.6 Å². The molecule has 2 N–H and O–H groups in total. The van der Waals surface area contributed by atoms with Gasteiger partial charge in [-0.2, -0.15) is 0 Å². The number of benzene rings is 2.